The molecule has 1 heterocycles. The molecule has 2 atom stereocenters. The summed E-state index contributed by atoms with van der Waals surface area (Å²) in [5, 5.41) is 0. The van der Waals surface area contributed by atoms with Crippen LogP contribution in [-0.4, -0.2) is 24.4 Å². The highest BCUT2D eigenvalue weighted by Gasteiger charge is 2.66. The van der Waals surface area contributed by atoms with Gasteiger partial charge in [-0.15, -0.1) is 0 Å². The molecule has 0 aromatic heterocycles. The van der Waals surface area contributed by atoms with Gasteiger partial charge in [-0.25, -0.2) is 9.69 Å². The van der Waals surface area contributed by atoms with Gasteiger partial charge in [0.2, 0.25) is 11.8 Å². The van der Waals surface area contributed by atoms with E-state index in [4.69, 9.17) is 4.74 Å². The molecule has 33 heavy (non-hydrogen) atoms. The Morgan fingerprint density at radius 2 is 1.45 bits per heavy atom. The van der Waals surface area contributed by atoms with Crippen molar-refractivity contribution in [1.29, 1.82) is 0 Å². The van der Waals surface area contributed by atoms with E-state index < -0.39 is 23.2 Å². The largest absolute Gasteiger partial charge is 0.462 e. The number of hydrogen-bond donors (Lipinski definition) is 0. The number of carbonyl (C=O) groups is 3. The molecule has 3 aromatic rings. The predicted molar refractivity (Wildman–Crippen MR) is 123 cm³/mol. The number of amides is 2. The van der Waals surface area contributed by atoms with Crippen molar-refractivity contribution in [2.24, 2.45) is 11.8 Å². The first-order valence-electron chi connectivity index (χ1n) is 11.3. The zero-order valence-electron chi connectivity index (χ0n) is 18.4. The van der Waals surface area contributed by atoms with Crippen LogP contribution in [0.4, 0.5) is 5.69 Å². The third-order valence-corrected chi connectivity index (χ3v) is 7.68. The monoisotopic (exact) mass is 437 g/mol. The molecule has 0 N–H and O–H groups in total. The first-order chi connectivity index (χ1) is 16.0. The second-order valence-electron chi connectivity index (χ2n) is 9.14. The Morgan fingerprint density at radius 3 is 2.03 bits per heavy atom. The molecule has 0 unspecified atom stereocenters. The smallest absolute Gasteiger partial charge is 0.338 e. The molecule has 164 valence electrons. The molecule has 1 aliphatic heterocycles. The fraction of sp³-hybridized carbons (Fsp3) is 0.250. The number of anilines is 1. The zero-order chi connectivity index (χ0) is 22.9. The summed E-state index contributed by atoms with van der Waals surface area (Å²) in [6.45, 7) is 4.14. The Labute approximate surface area is 192 Å². The van der Waals surface area contributed by atoms with E-state index in [1.807, 2.05) is 24.3 Å². The van der Waals surface area contributed by atoms with Crippen molar-refractivity contribution in [3.05, 3.63) is 101 Å². The number of rotatable bonds is 3. The highest BCUT2D eigenvalue weighted by atomic mass is 16.5. The Morgan fingerprint density at radius 1 is 0.879 bits per heavy atom. The molecule has 2 amide bonds. The van der Waals surface area contributed by atoms with E-state index in [0.717, 1.165) is 22.3 Å². The van der Waals surface area contributed by atoms with Crippen LogP contribution >= 0.6 is 0 Å². The maximum Gasteiger partial charge on any atom is 0.338 e. The first-order valence-corrected chi connectivity index (χ1v) is 11.3. The van der Waals surface area contributed by atoms with E-state index in [9.17, 15) is 14.4 Å². The van der Waals surface area contributed by atoms with E-state index in [1.54, 1.807) is 31.2 Å². The number of imide groups is 1. The molecular weight excluding hydrogens is 414 g/mol. The van der Waals surface area contributed by atoms with Crippen molar-refractivity contribution in [2.45, 2.75) is 25.2 Å². The highest BCUT2D eigenvalue weighted by Crippen LogP contribution is 2.64. The lowest BCUT2D eigenvalue weighted by Gasteiger charge is -2.52. The standard InChI is InChI=1S/C28H23NO4/c1-3-33-27(32)16-12-14-17(15-13-16)29-25(30)23-22-18-8-4-6-10-20(18)28(2,24(23)26(29)31)21-11-7-5-9-19(21)22/h4-15,22-24H,3H2,1-2H3/t22?,23-,24-,28?/m1/s1. The number of ether oxygens (including phenoxy) is 1. The quantitative estimate of drug-likeness (QED) is 0.449. The van der Waals surface area contributed by atoms with E-state index in [0.29, 0.717) is 11.3 Å². The van der Waals surface area contributed by atoms with Gasteiger partial charge in [0, 0.05) is 11.3 Å². The summed E-state index contributed by atoms with van der Waals surface area (Å²) >= 11 is 0. The van der Waals surface area contributed by atoms with Crippen LogP contribution in [0, 0.1) is 11.8 Å². The Balaban J connectivity index is 1.48. The van der Waals surface area contributed by atoms with Crippen LogP contribution in [0.5, 0.6) is 0 Å². The first kappa shape index (κ1) is 19.9. The summed E-state index contributed by atoms with van der Waals surface area (Å²) in [5.41, 5.74) is 4.85. The van der Waals surface area contributed by atoms with Gasteiger partial charge >= 0.3 is 5.97 Å². The maximum atomic E-state index is 13.9. The van der Waals surface area contributed by atoms with Crippen LogP contribution in [0.15, 0.2) is 72.8 Å². The van der Waals surface area contributed by atoms with Crippen molar-refractivity contribution in [1.82, 2.24) is 0 Å². The Kier molecular flexibility index (Phi) is 4.15. The molecule has 4 aliphatic rings. The fourth-order valence-corrected chi connectivity index (χ4v) is 6.37. The normalized spacial score (nSPS) is 26.6. The van der Waals surface area contributed by atoms with Crippen LogP contribution in [-0.2, 0) is 19.7 Å². The predicted octanol–water partition coefficient (Wildman–Crippen LogP) is 4.43. The molecule has 0 saturated carbocycles. The fourth-order valence-electron chi connectivity index (χ4n) is 6.37. The second-order valence-corrected chi connectivity index (χ2v) is 9.14. The number of benzene rings is 3. The highest BCUT2D eigenvalue weighted by molar-refractivity contribution is 6.23. The van der Waals surface area contributed by atoms with Gasteiger partial charge in [0.25, 0.3) is 0 Å². The minimum atomic E-state index is -0.584. The minimum Gasteiger partial charge on any atom is -0.462 e. The van der Waals surface area contributed by atoms with Gasteiger partial charge in [0.1, 0.15) is 0 Å². The number of carbonyl (C=O) groups excluding carboxylic acids is 3. The van der Waals surface area contributed by atoms with Gasteiger partial charge in [0.15, 0.2) is 0 Å². The van der Waals surface area contributed by atoms with Crippen LogP contribution in [0.2, 0.25) is 0 Å². The van der Waals surface area contributed by atoms with E-state index in [-0.39, 0.29) is 24.3 Å². The topological polar surface area (TPSA) is 63.7 Å². The molecule has 3 aliphatic carbocycles. The Hall–Kier alpha value is -3.73. The zero-order valence-corrected chi connectivity index (χ0v) is 18.4. The minimum absolute atomic E-state index is 0.149. The molecule has 5 nitrogen and oxygen atoms in total. The molecule has 1 saturated heterocycles. The molecule has 1 fully saturated rings. The molecular formula is C28H23NO4. The summed E-state index contributed by atoms with van der Waals surface area (Å²) in [6.07, 6.45) is 0. The van der Waals surface area contributed by atoms with Gasteiger partial charge in [-0.3, -0.25) is 9.59 Å². The SMILES string of the molecule is CCOC(=O)c1ccc(N2C(=O)[C@@H]3C4c5ccccc5C(C)(c5ccccc54)[C@H]3C2=O)cc1. The average molecular weight is 437 g/mol. The van der Waals surface area contributed by atoms with Crippen LogP contribution in [0.1, 0.15) is 52.4 Å². The molecule has 0 radical (unpaired) electrons. The van der Waals surface area contributed by atoms with Gasteiger partial charge in [0.05, 0.1) is 29.7 Å². The second kappa shape index (κ2) is 6.88. The molecule has 5 heteroatoms. The van der Waals surface area contributed by atoms with Crippen molar-refractivity contribution >= 4 is 23.5 Å². The van der Waals surface area contributed by atoms with Gasteiger partial charge < -0.3 is 4.74 Å². The van der Waals surface area contributed by atoms with Crippen molar-refractivity contribution in [2.75, 3.05) is 11.5 Å². The summed E-state index contributed by atoms with van der Waals surface area (Å²) in [5.74, 6) is -1.83. The van der Waals surface area contributed by atoms with Gasteiger partial charge in [-0.05, 0) is 53.4 Å². The van der Waals surface area contributed by atoms with Gasteiger partial charge in [-0.2, -0.15) is 0 Å². The van der Waals surface area contributed by atoms with E-state index >= 15 is 0 Å². The third kappa shape index (κ3) is 2.45. The van der Waals surface area contributed by atoms with Crippen LogP contribution < -0.4 is 4.90 Å². The Bertz CT molecular complexity index is 1280. The number of esters is 1. The van der Waals surface area contributed by atoms with E-state index in [1.165, 1.54) is 4.90 Å². The summed E-state index contributed by atoms with van der Waals surface area (Å²) in [6, 6.07) is 23.0. The third-order valence-electron chi connectivity index (χ3n) is 7.68. The summed E-state index contributed by atoms with van der Waals surface area (Å²) < 4.78 is 5.05. The number of hydrogen-bond acceptors (Lipinski definition) is 4. The average Bonchev–Trinajstić information content (AvgIpc) is 3.11. The van der Waals surface area contributed by atoms with Gasteiger partial charge in [-0.1, -0.05) is 55.5 Å². The van der Waals surface area contributed by atoms with Crippen molar-refractivity contribution in [3.8, 4) is 0 Å². The molecule has 0 spiro atoms. The molecule has 7 rings (SSSR count). The summed E-state index contributed by atoms with van der Waals surface area (Å²) in [4.78, 5) is 41.1. The lowest BCUT2D eigenvalue weighted by Crippen LogP contribution is -2.51. The maximum absolute atomic E-state index is 13.9. The molecule has 3 aromatic carbocycles. The van der Waals surface area contributed by atoms with Crippen molar-refractivity contribution in [3.63, 3.8) is 0 Å². The number of nitrogens with zero attached hydrogens (tertiary/aromatic N) is 1. The van der Waals surface area contributed by atoms with Crippen molar-refractivity contribution < 1.29 is 19.1 Å². The van der Waals surface area contributed by atoms with Crippen LogP contribution in [0.3, 0.4) is 0 Å². The van der Waals surface area contributed by atoms with E-state index in [2.05, 4.69) is 31.2 Å². The lowest BCUT2D eigenvalue weighted by atomic mass is 9.48. The molecule has 2 bridgehead atoms. The lowest BCUT2D eigenvalue weighted by molar-refractivity contribution is -0.123. The summed E-state index contributed by atoms with van der Waals surface area (Å²) in [7, 11) is 0. The van der Waals surface area contributed by atoms with Crippen LogP contribution in [0.25, 0.3) is 0 Å².